The van der Waals surface area contributed by atoms with Crippen molar-refractivity contribution in [1.29, 1.82) is 0 Å². The number of pyridine rings is 1. The Morgan fingerprint density at radius 3 is 3.07 bits per heavy atom. The minimum absolute atomic E-state index is 0.0777. The average molecular weight is 272 g/mol. The molecule has 0 atom stereocenters. The molecule has 82 valence electrons. The number of amides is 1. The number of carbonyl (C=O) groups is 1. The summed E-state index contributed by atoms with van der Waals surface area (Å²) >= 11 is 3.33. The van der Waals surface area contributed by atoms with E-state index in [9.17, 15) is 4.79 Å². The van der Waals surface area contributed by atoms with E-state index in [0.717, 1.165) is 12.0 Å². The maximum atomic E-state index is 11.5. The summed E-state index contributed by atoms with van der Waals surface area (Å²) < 4.78 is 0. The molecule has 0 saturated heterocycles. The molecule has 1 aromatic rings. The van der Waals surface area contributed by atoms with Gasteiger partial charge in [-0.05, 0) is 19.2 Å². The molecule has 4 nitrogen and oxygen atoms in total. The Morgan fingerprint density at radius 1 is 1.67 bits per heavy atom. The van der Waals surface area contributed by atoms with Crippen LogP contribution in [-0.4, -0.2) is 41.4 Å². The predicted molar refractivity (Wildman–Crippen MR) is 63.0 cm³/mol. The number of alkyl halides is 1. The first kappa shape index (κ1) is 12.1. The molecule has 5 heteroatoms. The molecule has 0 bridgehead atoms. The van der Waals surface area contributed by atoms with Gasteiger partial charge < -0.3 is 5.32 Å². The first-order valence-corrected chi connectivity index (χ1v) is 5.79. The summed E-state index contributed by atoms with van der Waals surface area (Å²) in [4.78, 5) is 17.5. The van der Waals surface area contributed by atoms with Gasteiger partial charge in [-0.25, -0.2) is 0 Å². The van der Waals surface area contributed by atoms with E-state index < -0.39 is 0 Å². The molecule has 0 aliphatic heterocycles. The van der Waals surface area contributed by atoms with Gasteiger partial charge in [-0.3, -0.25) is 14.7 Å². The van der Waals surface area contributed by atoms with E-state index >= 15 is 0 Å². The highest BCUT2D eigenvalue weighted by Gasteiger charge is 2.04. The number of halogens is 1. The molecule has 1 rings (SSSR count). The molecule has 1 amide bonds. The van der Waals surface area contributed by atoms with Crippen LogP contribution in [0.5, 0.6) is 0 Å². The van der Waals surface area contributed by atoms with E-state index in [1.165, 1.54) is 0 Å². The maximum absolute atomic E-state index is 11.5. The van der Waals surface area contributed by atoms with E-state index in [1.54, 1.807) is 24.5 Å². The lowest BCUT2D eigenvalue weighted by Crippen LogP contribution is -2.32. The van der Waals surface area contributed by atoms with Crippen LogP contribution in [-0.2, 0) is 0 Å². The van der Waals surface area contributed by atoms with Gasteiger partial charge in [0.1, 0.15) is 0 Å². The van der Waals surface area contributed by atoms with E-state index in [-0.39, 0.29) is 5.91 Å². The molecule has 0 spiro atoms. The molecular formula is C10H14BrN3O. The summed E-state index contributed by atoms with van der Waals surface area (Å²) in [7, 11) is 1.98. The Balaban J connectivity index is 2.31. The molecule has 0 radical (unpaired) electrons. The van der Waals surface area contributed by atoms with Crippen molar-refractivity contribution in [2.75, 3.05) is 25.6 Å². The quantitative estimate of drug-likeness (QED) is 0.645. The van der Waals surface area contributed by atoms with Gasteiger partial charge in [-0.2, -0.15) is 0 Å². The first-order chi connectivity index (χ1) is 7.24. The van der Waals surface area contributed by atoms with Crippen LogP contribution in [0.1, 0.15) is 10.4 Å². The summed E-state index contributed by atoms with van der Waals surface area (Å²) in [5, 5.41) is 2.82. The summed E-state index contributed by atoms with van der Waals surface area (Å²) in [5.74, 6) is -0.0777. The Labute approximate surface area is 97.8 Å². The molecule has 15 heavy (non-hydrogen) atoms. The van der Waals surface area contributed by atoms with Gasteiger partial charge in [-0.15, -0.1) is 0 Å². The third-order valence-electron chi connectivity index (χ3n) is 1.91. The minimum Gasteiger partial charge on any atom is -0.351 e. The van der Waals surface area contributed by atoms with Crippen molar-refractivity contribution in [2.24, 2.45) is 0 Å². The topological polar surface area (TPSA) is 45.2 Å². The largest absolute Gasteiger partial charge is 0.351 e. The number of nitrogens with one attached hydrogen (secondary N) is 1. The van der Waals surface area contributed by atoms with Crippen LogP contribution in [0, 0.1) is 0 Å². The Kier molecular flexibility index (Phi) is 5.28. The van der Waals surface area contributed by atoms with E-state index in [1.807, 2.05) is 7.05 Å². The van der Waals surface area contributed by atoms with Crippen LogP contribution in [0.2, 0.25) is 0 Å². The highest BCUT2D eigenvalue weighted by molar-refractivity contribution is 9.09. The zero-order valence-electron chi connectivity index (χ0n) is 8.61. The number of carbonyl (C=O) groups excluding carboxylic acids is 1. The fourth-order valence-electron chi connectivity index (χ4n) is 1.02. The molecule has 0 unspecified atom stereocenters. The summed E-state index contributed by atoms with van der Waals surface area (Å²) in [5.41, 5.74) is 1.40. The van der Waals surface area contributed by atoms with Crippen molar-refractivity contribution < 1.29 is 4.79 Å². The van der Waals surface area contributed by atoms with E-state index in [0.29, 0.717) is 12.1 Å². The van der Waals surface area contributed by atoms with Crippen LogP contribution in [0.3, 0.4) is 0 Å². The monoisotopic (exact) mass is 271 g/mol. The van der Waals surface area contributed by atoms with E-state index in [4.69, 9.17) is 0 Å². The van der Waals surface area contributed by atoms with Crippen LogP contribution >= 0.6 is 15.9 Å². The van der Waals surface area contributed by atoms with Crippen molar-refractivity contribution in [3.63, 3.8) is 0 Å². The zero-order chi connectivity index (χ0) is 11.1. The van der Waals surface area contributed by atoms with Crippen LogP contribution in [0.4, 0.5) is 0 Å². The van der Waals surface area contributed by atoms with Crippen molar-refractivity contribution in [2.45, 2.75) is 0 Å². The van der Waals surface area contributed by atoms with Gasteiger partial charge in [-0.1, -0.05) is 15.9 Å². The highest BCUT2D eigenvalue weighted by atomic mass is 79.9. The second-order valence-corrected chi connectivity index (χ2v) is 3.70. The number of nitrogens with zero attached hydrogens (tertiary/aromatic N) is 2. The SMILES string of the molecule is CN(CBr)CCNC(=O)c1cccnc1. The normalized spacial score (nSPS) is 10.3. The molecule has 0 saturated carbocycles. The van der Waals surface area contributed by atoms with Crippen molar-refractivity contribution >= 4 is 21.8 Å². The lowest BCUT2D eigenvalue weighted by molar-refractivity contribution is 0.0950. The van der Waals surface area contributed by atoms with Gasteiger partial charge in [0, 0.05) is 25.5 Å². The fourth-order valence-corrected chi connectivity index (χ4v) is 1.27. The molecule has 1 N–H and O–H groups in total. The van der Waals surface area contributed by atoms with Gasteiger partial charge in [0.05, 0.1) is 11.0 Å². The molecule has 1 heterocycles. The zero-order valence-corrected chi connectivity index (χ0v) is 10.2. The average Bonchev–Trinajstić information content (AvgIpc) is 2.29. The number of aromatic nitrogens is 1. The molecule has 0 aliphatic carbocycles. The first-order valence-electron chi connectivity index (χ1n) is 4.67. The number of hydrogen-bond donors (Lipinski definition) is 1. The molecular weight excluding hydrogens is 258 g/mol. The molecule has 0 fully saturated rings. The minimum atomic E-state index is -0.0777. The van der Waals surface area contributed by atoms with Crippen LogP contribution < -0.4 is 5.32 Å². The number of likely N-dealkylation sites (N-methyl/N-ethyl adjacent to an activating group) is 1. The van der Waals surface area contributed by atoms with Crippen molar-refractivity contribution in [3.05, 3.63) is 30.1 Å². The fraction of sp³-hybridized carbons (Fsp3) is 0.400. The van der Waals surface area contributed by atoms with Crippen molar-refractivity contribution in [1.82, 2.24) is 15.2 Å². The third-order valence-corrected chi connectivity index (χ3v) is 2.76. The van der Waals surface area contributed by atoms with Crippen LogP contribution in [0.25, 0.3) is 0 Å². The number of rotatable bonds is 5. The third kappa shape index (κ3) is 4.40. The molecule has 1 aromatic heterocycles. The maximum Gasteiger partial charge on any atom is 0.252 e. The Hall–Kier alpha value is -0.940. The predicted octanol–water partition coefficient (Wildman–Crippen LogP) is 1.10. The van der Waals surface area contributed by atoms with Gasteiger partial charge in [0.25, 0.3) is 5.91 Å². The Morgan fingerprint density at radius 2 is 2.47 bits per heavy atom. The van der Waals surface area contributed by atoms with Crippen molar-refractivity contribution in [3.8, 4) is 0 Å². The summed E-state index contributed by atoms with van der Waals surface area (Å²) in [6.07, 6.45) is 3.21. The standard InChI is InChI=1S/C10H14BrN3O/c1-14(8-11)6-5-13-10(15)9-3-2-4-12-7-9/h2-4,7H,5-6,8H2,1H3,(H,13,15). The summed E-state index contributed by atoms with van der Waals surface area (Å²) in [6.45, 7) is 1.45. The smallest absolute Gasteiger partial charge is 0.252 e. The summed E-state index contributed by atoms with van der Waals surface area (Å²) in [6, 6.07) is 3.50. The molecule has 0 aromatic carbocycles. The van der Waals surface area contributed by atoms with Gasteiger partial charge >= 0.3 is 0 Å². The van der Waals surface area contributed by atoms with Crippen LogP contribution in [0.15, 0.2) is 24.5 Å². The lowest BCUT2D eigenvalue weighted by Gasteiger charge is -2.12. The second kappa shape index (κ2) is 6.53. The highest BCUT2D eigenvalue weighted by Crippen LogP contribution is 1.94. The van der Waals surface area contributed by atoms with Gasteiger partial charge in [0.15, 0.2) is 0 Å². The van der Waals surface area contributed by atoms with Gasteiger partial charge in [0.2, 0.25) is 0 Å². The second-order valence-electron chi connectivity index (χ2n) is 3.20. The number of hydrogen-bond acceptors (Lipinski definition) is 3. The lowest BCUT2D eigenvalue weighted by atomic mass is 10.3. The van der Waals surface area contributed by atoms with E-state index in [2.05, 4.69) is 31.1 Å². The Bertz CT molecular complexity index is 305. The molecule has 0 aliphatic rings.